The molecule has 0 spiro atoms. The maximum atomic E-state index is 12.4. The van der Waals surface area contributed by atoms with Crippen LogP contribution in [-0.2, 0) is 23.0 Å². The standard InChI is InChI=1S/C14H19N3O2S2/c1-3-12-9-16-14(20-12)10(2)17-21(18,19)13-6-4-5-11(7-13)8-15/h4-7,9-10,17H,3,8,15H2,1-2H3. The molecule has 1 heterocycles. The fourth-order valence-electron chi connectivity index (χ4n) is 1.88. The van der Waals surface area contributed by atoms with Crippen molar-refractivity contribution in [1.82, 2.24) is 9.71 Å². The van der Waals surface area contributed by atoms with Gasteiger partial charge >= 0.3 is 0 Å². The number of thiazole rings is 1. The number of rotatable bonds is 6. The summed E-state index contributed by atoms with van der Waals surface area (Å²) in [6, 6.07) is 6.29. The lowest BCUT2D eigenvalue weighted by Crippen LogP contribution is -2.27. The molecule has 0 amide bonds. The lowest BCUT2D eigenvalue weighted by atomic mass is 10.2. The van der Waals surface area contributed by atoms with Crippen LogP contribution in [0, 0.1) is 0 Å². The highest BCUT2D eigenvalue weighted by atomic mass is 32.2. The highest BCUT2D eigenvalue weighted by molar-refractivity contribution is 7.89. The van der Waals surface area contributed by atoms with Crippen LogP contribution in [0.1, 0.15) is 35.3 Å². The molecular formula is C14H19N3O2S2. The summed E-state index contributed by atoms with van der Waals surface area (Å²) < 4.78 is 27.4. The summed E-state index contributed by atoms with van der Waals surface area (Å²) in [5, 5.41) is 0.769. The fourth-order valence-corrected chi connectivity index (χ4v) is 4.09. The second-order valence-corrected chi connectivity index (χ2v) is 7.57. The Labute approximate surface area is 129 Å². The van der Waals surface area contributed by atoms with Gasteiger partial charge in [-0.3, -0.25) is 0 Å². The summed E-state index contributed by atoms with van der Waals surface area (Å²) in [6.45, 7) is 4.15. The van der Waals surface area contributed by atoms with E-state index >= 15 is 0 Å². The Balaban J connectivity index is 2.19. The molecular weight excluding hydrogens is 306 g/mol. The minimum atomic E-state index is -3.58. The Morgan fingerprint density at radius 3 is 2.81 bits per heavy atom. The van der Waals surface area contributed by atoms with E-state index in [1.165, 1.54) is 11.3 Å². The molecule has 21 heavy (non-hydrogen) atoms. The zero-order valence-electron chi connectivity index (χ0n) is 12.0. The molecule has 0 aliphatic carbocycles. The Kier molecular flexibility index (Phi) is 5.10. The van der Waals surface area contributed by atoms with Gasteiger partial charge in [-0.1, -0.05) is 19.1 Å². The van der Waals surface area contributed by atoms with Crippen molar-refractivity contribution in [2.45, 2.75) is 37.8 Å². The van der Waals surface area contributed by atoms with Gasteiger partial charge in [-0.2, -0.15) is 0 Å². The zero-order valence-corrected chi connectivity index (χ0v) is 13.7. The van der Waals surface area contributed by atoms with E-state index in [4.69, 9.17) is 5.73 Å². The first-order valence-electron chi connectivity index (χ1n) is 6.72. The van der Waals surface area contributed by atoms with Gasteiger partial charge in [0.2, 0.25) is 10.0 Å². The van der Waals surface area contributed by atoms with Gasteiger partial charge in [0.1, 0.15) is 5.01 Å². The number of nitrogens with zero attached hydrogens (tertiary/aromatic N) is 1. The second-order valence-electron chi connectivity index (χ2n) is 4.71. The normalized spacial score (nSPS) is 13.3. The highest BCUT2D eigenvalue weighted by Crippen LogP contribution is 2.22. The van der Waals surface area contributed by atoms with Crippen LogP contribution >= 0.6 is 11.3 Å². The van der Waals surface area contributed by atoms with E-state index in [9.17, 15) is 8.42 Å². The lowest BCUT2D eigenvalue weighted by molar-refractivity contribution is 0.566. The van der Waals surface area contributed by atoms with Crippen molar-refractivity contribution in [3.8, 4) is 0 Å². The molecule has 0 fully saturated rings. The van der Waals surface area contributed by atoms with E-state index in [2.05, 4.69) is 9.71 Å². The smallest absolute Gasteiger partial charge is 0.241 e. The van der Waals surface area contributed by atoms with E-state index in [-0.39, 0.29) is 10.9 Å². The van der Waals surface area contributed by atoms with Gasteiger partial charge in [0.25, 0.3) is 0 Å². The molecule has 0 aliphatic rings. The SMILES string of the molecule is CCc1cnc(C(C)NS(=O)(=O)c2cccc(CN)c2)s1. The van der Waals surface area contributed by atoms with Gasteiger partial charge in [-0.25, -0.2) is 18.1 Å². The van der Waals surface area contributed by atoms with Crippen LogP contribution < -0.4 is 10.5 Å². The van der Waals surface area contributed by atoms with Crippen molar-refractivity contribution in [3.05, 3.63) is 45.9 Å². The van der Waals surface area contributed by atoms with E-state index in [1.54, 1.807) is 37.4 Å². The number of hydrogen-bond acceptors (Lipinski definition) is 5. The van der Waals surface area contributed by atoms with Crippen molar-refractivity contribution in [2.75, 3.05) is 0 Å². The molecule has 1 unspecified atom stereocenters. The Morgan fingerprint density at radius 1 is 1.43 bits per heavy atom. The number of sulfonamides is 1. The highest BCUT2D eigenvalue weighted by Gasteiger charge is 2.20. The average molecular weight is 325 g/mol. The predicted molar refractivity (Wildman–Crippen MR) is 84.6 cm³/mol. The van der Waals surface area contributed by atoms with Crippen LogP contribution in [0.5, 0.6) is 0 Å². The number of benzene rings is 1. The molecule has 114 valence electrons. The lowest BCUT2D eigenvalue weighted by Gasteiger charge is -2.12. The summed E-state index contributed by atoms with van der Waals surface area (Å²) in [5.74, 6) is 0. The first-order chi connectivity index (χ1) is 9.96. The average Bonchev–Trinajstić information content (AvgIpc) is 2.96. The predicted octanol–water partition coefficient (Wildman–Crippen LogP) is 2.20. The number of hydrogen-bond donors (Lipinski definition) is 2. The summed E-state index contributed by atoms with van der Waals surface area (Å²) in [7, 11) is -3.58. The van der Waals surface area contributed by atoms with Crippen LogP contribution in [0.3, 0.4) is 0 Å². The molecule has 0 saturated heterocycles. The Bertz CT molecular complexity index is 711. The molecule has 1 aromatic heterocycles. The third kappa shape index (κ3) is 3.88. The van der Waals surface area contributed by atoms with Crippen molar-refractivity contribution < 1.29 is 8.42 Å². The minimum absolute atomic E-state index is 0.226. The van der Waals surface area contributed by atoms with Crippen molar-refractivity contribution >= 4 is 21.4 Å². The third-order valence-electron chi connectivity index (χ3n) is 3.07. The molecule has 5 nitrogen and oxygen atoms in total. The Hall–Kier alpha value is -1.28. The van der Waals surface area contributed by atoms with E-state index in [0.717, 1.165) is 21.9 Å². The minimum Gasteiger partial charge on any atom is -0.326 e. The number of aromatic nitrogens is 1. The molecule has 3 N–H and O–H groups in total. The van der Waals surface area contributed by atoms with Crippen molar-refractivity contribution in [2.24, 2.45) is 5.73 Å². The van der Waals surface area contributed by atoms with Gasteiger partial charge in [0, 0.05) is 17.6 Å². The van der Waals surface area contributed by atoms with Crippen molar-refractivity contribution in [1.29, 1.82) is 0 Å². The summed E-state index contributed by atoms with van der Waals surface area (Å²) in [6.07, 6.45) is 2.69. The number of aryl methyl sites for hydroxylation is 1. The topological polar surface area (TPSA) is 85.1 Å². The molecule has 0 radical (unpaired) electrons. The number of nitrogens with one attached hydrogen (secondary N) is 1. The fraction of sp³-hybridized carbons (Fsp3) is 0.357. The molecule has 2 rings (SSSR count). The van der Waals surface area contributed by atoms with Crippen LogP contribution in [0.15, 0.2) is 35.4 Å². The number of nitrogens with two attached hydrogens (primary N) is 1. The first kappa shape index (κ1) is 16.1. The van der Waals surface area contributed by atoms with E-state index in [0.29, 0.717) is 6.54 Å². The monoisotopic (exact) mass is 325 g/mol. The Morgan fingerprint density at radius 2 is 2.19 bits per heavy atom. The van der Waals surface area contributed by atoms with Crippen LogP contribution in [-0.4, -0.2) is 13.4 Å². The van der Waals surface area contributed by atoms with E-state index < -0.39 is 10.0 Å². The van der Waals surface area contributed by atoms with E-state index in [1.807, 2.05) is 6.92 Å². The second kappa shape index (κ2) is 6.65. The van der Waals surface area contributed by atoms with Gasteiger partial charge < -0.3 is 5.73 Å². The maximum Gasteiger partial charge on any atom is 0.241 e. The zero-order chi connectivity index (χ0) is 15.5. The van der Waals surface area contributed by atoms with Crippen LogP contribution in [0.2, 0.25) is 0 Å². The molecule has 0 aliphatic heterocycles. The van der Waals surface area contributed by atoms with Gasteiger partial charge in [0.15, 0.2) is 0 Å². The molecule has 7 heteroatoms. The first-order valence-corrected chi connectivity index (χ1v) is 9.02. The molecule has 2 aromatic rings. The molecule has 0 saturated carbocycles. The van der Waals surface area contributed by atoms with Crippen LogP contribution in [0.25, 0.3) is 0 Å². The quantitative estimate of drug-likeness (QED) is 0.852. The van der Waals surface area contributed by atoms with Gasteiger partial charge in [0.05, 0.1) is 10.9 Å². The van der Waals surface area contributed by atoms with Crippen LogP contribution in [0.4, 0.5) is 0 Å². The third-order valence-corrected chi connectivity index (χ3v) is 5.93. The van der Waals surface area contributed by atoms with Gasteiger partial charge in [-0.15, -0.1) is 11.3 Å². The maximum absolute atomic E-state index is 12.4. The summed E-state index contributed by atoms with van der Waals surface area (Å²) in [4.78, 5) is 5.64. The van der Waals surface area contributed by atoms with Gasteiger partial charge in [-0.05, 0) is 31.0 Å². The summed E-state index contributed by atoms with van der Waals surface area (Å²) in [5.41, 5.74) is 6.33. The van der Waals surface area contributed by atoms with Crippen molar-refractivity contribution in [3.63, 3.8) is 0 Å². The molecule has 0 bridgehead atoms. The molecule has 1 aromatic carbocycles. The largest absolute Gasteiger partial charge is 0.326 e. The summed E-state index contributed by atoms with van der Waals surface area (Å²) >= 11 is 1.53. The molecule has 1 atom stereocenters.